The Hall–Kier alpha value is -1.92. The van der Waals surface area contributed by atoms with E-state index in [1.54, 1.807) is 0 Å². The monoisotopic (exact) mass is 304 g/mol. The number of carboxylic acid groups (broad SMARTS) is 1. The van der Waals surface area contributed by atoms with Crippen LogP contribution in [0.3, 0.4) is 0 Å². The topological polar surface area (TPSA) is 89.9 Å². The molecule has 0 radical (unpaired) electrons. The summed E-state index contributed by atoms with van der Waals surface area (Å²) < 4.78 is 0. The summed E-state index contributed by atoms with van der Waals surface area (Å²) in [7, 11) is 0. The molecule has 6 heteroatoms. The van der Waals surface area contributed by atoms with E-state index in [0.29, 0.717) is 19.4 Å². The van der Waals surface area contributed by atoms with E-state index in [4.69, 9.17) is 5.11 Å². The van der Waals surface area contributed by atoms with Gasteiger partial charge in [0, 0.05) is 25.4 Å². The Kier molecular flexibility index (Phi) is 4.13. The number of nitrogens with one attached hydrogen (secondary N) is 1. The van der Waals surface area contributed by atoms with Gasteiger partial charge in [0.1, 0.15) is 6.23 Å². The Morgan fingerprint density at radius 1 is 1.32 bits per heavy atom. The Labute approximate surface area is 128 Å². The molecule has 22 heavy (non-hydrogen) atoms. The molecule has 6 nitrogen and oxygen atoms in total. The molecule has 2 aliphatic heterocycles. The van der Waals surface area contributed by atoms with Crippen molar-refractivity contribution >= 4 is 11.9 Å². The first-order chi connectivity index (χ1) is 10.5. The molecule has 3 N–H and O–H groups in total. The van der Waals surface area contributed by atoms with Crippen LogP contribution in [0.4, 0.5) is 0 Å². The SMILES string of the molecule is O=C(O)CN1CCc2cc(C3CCC(=O)NC3O)ccc2C1. The van der Waals surface area contributed by atoms with Gasteiger partial charge in [-0.15, -0.1) is 0 Å². The minimum absolute atomic E-state index is 0.0640. The highest BCUT2D eigenvalue weighted by molar-refractivity contribution is 5.77. The number of fused-ring (bicyclic) bond motifs is 1. The molecule has 2 heterocycles. The predicted octanol–water partition coefficient (Wildman–Crippen LogP) is 0.441. The Balaban J connectivity index is 1.75. The summed E-state index contributed by atoms with van der Waals surface area (Å²) in [5.41, 5.74) is 3.40. The average molecular weight is 304 g/mol. The van der Waals surface area contributed by atoms with Gasteiger partial charge in [0.05, 0.1) is 6.54 Å². The van der Waals surface area contributed by atoms with E-state index in [9.17, 15) is 14.7 Å². The molecule has 0 aliphatic carbocycles. The van der Waals surface area contributed by atoms with E-state index in [1.165, 1.54) is 5.56 Å². The van der Waals surface area contributed by atoms with Gasteiger partial charge < -0.3 is 15.5 Å². The minimum atomic E-state index is -0.827. The van der Waals surface area contributed by atoms with E-state index in [1.807, 2.05) is 17.0 Å². The lowest BCUT2D eigenvalue weighted by Gasteiger charge is -2.31. The number of aliphatic hydroxyl groups is 1. The second-order valence-electron chi connectivity index (χ2n) is 6.04. The average Bonchev–Trinajstić information content (AvgIpc) is 2.46. The summed E-state index contributed by atoms with van der Waals surface area (Å²) in [6.07, 6.45) is 1.07. The first-order valence-electron chi connectivity index (χ1n) is 7.56. The molecule has 1 aromatic rings. The smallest absolute Gasteiger partial charge is 0.317 e. The van der Waals surface area contributed by atoms with Crippen LogP contribution in [0.25, 0.3) is 0 Å². The number of hydrogen-bond acceptors (Lipinski definition) is 4. The molecule has 2 atom stereocenters. The van der Waals surface area contributed by atoms with Crippen LogP contribution in [-0.4, -0.2) is 46.3 Å². The molecule has 0 aromatic heterocycles. The van der Waals surface area contributed by atoms with Gasteiger partial charge in [-0.25, -0.2) is 0 Å². The normalized spacial score (nSPS) is 25.4. The molecular formula is C16H20N2O4. The number of rotatable bonds is 3. The summed E-state index contributed by atoms with van der Waals surface area (Å²) >= 11 is 0. The molecule has 1 aromatic carbocycles. The lowest BCUT2D eigenvalue weighted by Crippen LogP contribution is -2.43. The predicted molar refractivity (Wildman–Crippen MR) is 79.2 cm³/mol. The van der Waals surface area contributed by atoms with Gasteiger partial charge in [0.25, 0.3) is 0 Å². The second-order valence-corrected chi connectivity index (χ2v) is 6.04. The number of benzene rings is 1. The standard InChI is InChI=1S/C16H20N2O4/c19-14-4-3-13(16(22)17-14)11-1-2-12-8-18(9-15(20)21)6-5-10(12)7-11/h1-2,7,13,16,22H,3-6,8-9H2,(H,17,19)(H,20,21). The molecule has 1 amide bonds. The third-order valence-electron chi connectivity index (χ3n) is 4.48. The number of carbonyl (C=O) groups excluding carboxylic acids is 1. The number of carboxylic acids is 1. The molecule has 0 saturated carbocycles. The van der Waals surface area contributed by atoms with Crippen LogP contribution in [0, 0.1) is 0 Å². The van der Waals surface area contributed by atoms with Crippen LogP contribution in [0.2, 0.25) is 0 Å². The first-order valence-corrected chi connectivity index (χ1v) is 7.56. The maximum absolute atomic E-state index is 11.3. The second kappa shape index (κ2) is 6.06. The maximum atomic E-state index is 11.3. The summed E-state index contributed by atoms with van der Waals surface area (Å²) in [6.45, 7) is 1.44. The summed E-state index contributed by atoms with van der Waals surface area (Å²) in [6, 6.07) is 6.09. The molecular weight excluding hydrogens is 284 g/mol. The van der Waals surface area contributed by atoms with Crippen molar-refractivity contribution in [3.63, 3.8) is 0 Å². The van der Waals surface area contributed by atoms with Gasteiger partial charge >= 0.3 is 5.97 Å². The Morgan fingerprint density at radius 3 is 2.86 bits per heavy atom. The fourth-order valence-electron chi connectivity index (χ4n) is 3.32. The van der Waals surface area contributed by atoms with E-state index in [-0.39, 0.29) is 18.4 Å². The molecule has 2 aliphatic rings. The van der Waals surface area contributed by atoms with Crippen molar-refractivity contribution in [1.29, 1.82) is 0 Å². The van der Waals surface area contributed by atoms with Crippen LogP contribution in [-0.2, 0) is 22.6 Å². The largest absolute Gasteiger partial charge is 0.480 e. The highest BCUT2D eigenvalue weighted by Gasteiger charge is 2.29. The lowest BCUT2D eigenvalue weighted by atomic mass is 9.86. The molecule has 0 bridgehead atoms. The number of aliphatic hydroxyl groups excluding tert-OH is 1. The van der Waals surface area contributed by atoms with Crippen LogP contribution in [0.5, 0.6) is 0 Å². The van der Waals surface area contributed by atoms with E-state index >= 15 is 0 Å². The number of aliphatic carboxylic acids is 1. The number of hydrogen-bond donors (Lipinski definition) is 3. The molecule has 118 valence electrons. The van der Waals surface area contributed by atoms with Crippen molar-refractivity contribution in [2.75, 3.05) is 13.1 Å². The molecule has 1 fully saturated rings. The van der Waals surface area contributed by atoms with Crippen LogP contribution in [0.1, 0.15) is 35.4 Å². The number of nitrogens with zero attached hydrogens (tertiary/aromatic N) is 1. The molecule has 0 spiro atoms. The van der Waals surface area contributed by atoms with Crippen LogP contribution >= 0.6 is 0 Å². The third kappa shape index (κ3) is 3.13. The maximum Gasteiger partial charge on any atom is 0.317 e. The minimum Gasteiger partial charge on any atom is -0.480 e. The Morgan fingerprint density at radius 2 is 2.14 bits per heavy atom. The van der Waals surface area contributed by atoms with Crippen LogP contribution < -0.4 is 5.32 Å². The van der Waals surface area contributed by atoms with Gasteiger partial charge in [-0.3, -0.25) is 14.5 Å². The first kappa shape index (κ1) is 15.0. The third-order valence-corrected chi connectivity index (χ3v) is 4.48. The fraction of sp³-hybridized carbons (Fsp3) is 0.500. The molecule has 2 unspecified atom stereocenters. The van der Waals surface area contributed by atoms with Gasteiger partial charge in [0.2, 0.25) is 5.91 Å². The molecule has 3 rings (SSSR count). The zero-order chi connectivity index (χ0) is 15.7. The van der Waals surface area contributed by atoms with Gasteiger partial charge in [0.15, 0.2) is 0 Å². The van der Waals surface area contributed by atoms with Crippen molar-refractivity contribution in [2.24, 2.45) is 0 Å². The fourth-order valence-corrected chi connectivity index (χ4v) is 3.32. The summed E-state index contributed by atoms with van der Waals surface area (Å²) in [4.78, 5) is 24.0. The van der Waals surface area contributed by atoms with E-state index < -0.39 is 12.2 Å². The van der Waals surface area contributed by atoms with E-state index in [2.05, 4.69) is 11.4 Å². The van der Waals surface area contributed by atoms with Gasteiger partial charge in [-0.05, 0) is 29.5 Å². The van der Waals surface area contributed by atoms with Crippen LogP contribution in [0.15, 0.2) is 18.2 Å². The highest BCUT2D eigenvalue weighted by atomic mass is 16.4. The quantitative estimate of drug-likeness (QED) is 0.754. The van der Waals surface area contributed by atoms with Crippen molar-refractivity contribution in [1.82, 2.24) is 10.2 Å². The highest BCUT2D eigenvalue weighted by Crippen LogP contribution is 2.30. The van der Waals surface area contributed by atoms with Crippen molar-refractivity contribution < 1.29 is 19.8 Å². The van der Waals surface area contributed by atoms with Gasteiger partial charge in [-0.1, -0.05) is 18.2 Å². The van der Waals surface area contributed by atoms with Gasteiger partial charge in [-0.2, -0.15) is 0 Å². The zero-order valence-electron chi connectivity index (χ0n) is 12.3. The van der Waals surface area contributed by atoms with Crippen molar-refractivity contribution in [3.05, 3.63) is 34.9 Å². The molecule has 1 saturated heterocycles. The van der Waals surface area contributed by atoms with Crippen molar-refractivity contribution in [3.8, 4) is 0 Å². The van der Waals surface area contributed by atoms with Crippen molar-refractivity contribution in [2.45, 2.75) is 38.0 Å². The Bertz CT molecular complexity index is 602. The lowest BCUT2D eigenvalue weighted by molar-refractivity contribution is -0.138. The summed E-state index contributed by atoms with van der Waals surface area (Å²) in [5.74, 6) is -0.979. The number of piperidine rings is 1. The number of amides is 1. The zero-order valence-corrected chi connectivity index (χ0v) is 12.3. The summed E-state index contributed by atoms with van der Waals surface area (Å²) in [5, 5.41) is 21.5. The van der Waals surface area contributed by atoms with E-state index in [0.717, 1.165) is 24.1 Å². The number of carbonyl (C=O) groups is 2.